The van der Waals surface area contributed by atoms with Gasteiger partial charge in [-0.1, -0.05) is 56.0 Å². The first-order valence-electron chi connectivity index (χ1n) is 35.3. The number of nitrogens with one attached hydrogen (secondary N) is 5. The van der Waals surface area contributed by atoms with Gasteiger partial charge in [-0.15, -0.1) is 0 Å². The second-order valence-electron chi connectivity index (χ2n) is 29.3. The standard InChI is InChI=1S/C75H83F10N12O16P/c1-41-26-47(31-59(98)88-48-19-16-43(17-20-48)18-23-60(99)100)62(57(27-41)113-114(106,107)108)71(2,3)32-61(101)112-58(38-95(93-66(103)64(91-70(105)110-9)73(6,7)75(83,84)85)37-52-53(76)29-46(30-54(52)77)55-24-25-96(92-55)67(78)79)56(89-65(102)63(90-69(104)109-8)72(4,5)74(80,81)82)28-44-13-10-42(11-14-44)12-15-45-33-86-68(87-34-45)94-35-49-21-22-50(36-94)97(49)51-39-111-40-51/h10-11,13-14,16-20,23-27,29-30,33-34,49-51,56,58,63-64,67H,21-22,28,31-32,35-40H2,1-9H3,(H,88,98)(H,89,102)(H,90,104)(H,91,105)(H,93,103)(H,99,100)(H2,106,107,108)/b23-18+/t49?,50?,56-,58-,63+,64+/m0/s1. The van der Waals surface area contributed by atoms with Crippen molar-refractivity contribution in [1.82, 2.24) is 51.0 Å². The number of nitrogens with zero attached hydrogens (tertiary/aromatic N) is 7. The molecule has 0 spiro atoms. The minimum atomic E-state index is -5.58. The van der Waals surface area contributed by atoms with Gasteiger partial charge in [0.2, 0.25) is 17.8 Å². The number of halogens is 10. The van der Waals surface area contributed by atoms with Crippen LogP contribution in [-0.2, 0) is 72.3 Å². The Labute approximate surface area is 646 Å². The number of piperazine rings is 1. The van der Waals surface area contributed by atoms with Crippen molar-refractivity contribution >= 4 is 67.4 Å². The van der Waals surface area contributed by atoms with Gasteiger partial charge in [0.05, 0.1) is 81.0 Å². The highest BCUT2D eigenvalue weighted by Gasteiger charge is 2.58. The fourth-order valence-electron chi connectivity index (χ4n) is 13.5. The summed E-state index contributed by atoms with van der Waals surface area (Å²) in [5.41, 5.74) is -7.09. The highest BCUT2D eigenvalue weighted by atomic mass is 31.2. The predicted molar refractivity (Wildman–Crippen MR) is 388 cm³/mol. The van der Waals surface area contributed by atoms with E-state index in [9.17, 15) is 47.1 Å². The third-order valence-electron chi connectivity index (χ3n) is 19.7. The van der Waals surface area contributed by atoms with Gasteiger partial charge in [-0.3, -0.25) is 39.3 Å². The molecule has 5 amide bonds. The number of phosphoric acid groups is 1. The van der Waals surface area contributed by atoms with Crippen LogP contribution < -0.4 is 36.1 Å². The number of aryl methyl sites for hydroxylation is 1. The number of ether oxygens (including phenoxy) is 4. The number of aliphatic carboxylic acids is 1. The Balaban J connectivity index is 1.16. The smallest absolute Gasteiger partial charge is 0.478 e. The molecule has 614 valence electrons. The molecule has 6 aromatic rings. The number of benzene rings is 4. The van der Waals surface area contributed by atoms with E-state index >= 15 is 44.7 Å². The van der Waals surface area contributed by atoms with Crippen LogP contribution in [-0.4, -0.2) is 188 Å². The molecule has 3 aliphatic rings. The maximum Gasteiger partial charge on any atom is 0.524 e. The van der Waals surface area contributed by atoms with Crippen LogP contribution in [0.3, 0.4) is 0 Å². The molecule has 2 unspecified atom stereocenters. The minimum absolute atomic E-state index is 0.0537. The van der Waals surface area contributed by atoms with Crippen LogP contribution in [0.1, 0.15) is 112 Å². The Morgan fingerprint density at radius 3 is 1.84 bits per heavy atom. The molecule has 114 heavy (non-hydrogen) atoms. The molecule has 8 N–H and O–H groups in total. The van der Waals surface area contributed by atoms with Gasteiger partial charge in [-0.2, -0.15) is 40.2 Å². The number of rotatable bonds is 30. The van der Waals surface area contributed by atoms with E-state index in [-0.39, 0.29) is 32.6 Å². The summed E-state index contributed by atoms with van der Waals surface area (Å²) < 4.78 is 192. The molecule has 5 heterocycles. The molecule has 28 nitrogen and oxygen atoms in total. The first kappa shape index (κ1) is 87.3. The number of alkyl carbamates (subject to hydrolysis) is 2. The lowest BCUT2D eigenvalue weighted by Crippen LogP contribution is -2.64. The van der Waals surface area contributed by atoms with Crippen molar-refractivity contribution in [3.63, 3.8) is 0 Å². The lowest BCUT2D eigenvalue weighted by atomic mass is 9.77. The Kier molecular flexibility index (Phi) is 27.4. The summed E-state index contributed by atoms with van der Waals surface area (Å²) in [6.45, 7) is 2.85. The van der Waals surface area contributed by atoms with E-state index in [1.54, 1.807) is 5.32 Å². The first-order valence-corrected chi connectivity index (χ1v) is 36.8. The second-order valence-corrected chi connectivity index (χ2v) is 30.4. The number of hydrogen-bond acceptors (Lipinski definition) is 19. The number of hydrogen-bond donors (Lipinski definition) is 8. The third-order valence-corrected chi connectivity index (χ3v) is 20.1. The van der Waals surface area contributed by atoms with E-state index in [1.165, 1.54) is 93.8 Å². The molecule has 0 saturated carbocycles. The maximum atomic E-state index is 16.9. The number of hydrazine groups is 1. The predicted octanol–water partition coefficient (Wildman–Crippen LogP) is 9.99. The van der Waals surface area contributed by atoms with Gasteiger partial charge >= 0.3 is 50.8 Å². The molecule has 2 aromatic heterocycles. The van der Waals surface area contributed by atoms with E-state index < -0.39 is 176 Å². The van der Waals surface area contributed by atoms with Crippen LogP contribution in [0.15, 0.2) is 104 Å². The van der Waals surface area contributed by atoms with E-state index in [1.807, 2.05) is 5.32 Å². The number of anilines is 2. The number of carboxylic acids is 1. The summed E-state index contributed by atoms with van der Waals surface area (Å²) in [7, 11) is -4.10. The van der Waals surface area contributed by atoms with Gasteiger partial charge < -0.3 is 54.7 Å². The number of amides is 5. The zero-order valence-corrected chi connectivity index (χ0v) is 63.7. The lowest BCUT2D eigenvalue weighted by Gasteiger charge is -2.47. The SMILES string of the molecule is COC(=O)N[C@H](C(=O)N[C@@H](Cc1ccc(C#Cc2cnc(N3CC4CCC(C3)N4C3COC3)nc2)cc1)[C@H](CN(Cc1c(F)cc(-c2ccn(C(F)F)n2)cc1F)NC(=O)[C@@H](NC(=O)OC)C(C)(C)C(F)(F)F)OC(=O)CC(C)(C)c1c(CC(=O)Nc2ccc(/C=C/C(=O)O)cc2)cc(C)cc1OP(=O)(O)O)C(C)(C)C(F)(F)F. The fraction of sp³-hybridized carbons (Fsp3) is 0.440. The van der Waals surface area contributed by atoms with Crippen molar-refractivity contribution in [3.8, 4) is 28.8 Å². The summed E-state index contributed by atoms with van der Waals surface area (Å²) in [6.07, 6.45) is -10.7. The van der Waals surface area contributed by atoms with E-state index in [0.29, 0.717) is 112 Å². The number of aromatic nitrogens is 4. The monoisotopic (exact) mass is 1630 g/mol. The molecule has 3 saturated heterocycles. The number of methoxy groups -OCH3 is 2. The Hall–Kier alpha value is -10.7. The van der Waals surface area contributed by atoms with E-state index in [2.05, 4.69) is 62.2 Å². The van der Waals surface area contributed by atoms with Gasteiger partial charge in [-0.05, 0) is 131 Å². The summed E-state index contributed by atoms with van der Waals surface area (Å²) in [5, 5.41) is 21.8. The Morgan fingerprint density at radius 2 is 1.32 bits per heavy atom. The van der Waals surface area contributed by atoms with Crippen molar-refractivity contribution in [2.24, 2.45) is 10.8 Å². The number of carboxylic acid groups (broad SMARTS) is 1. The van der Waals surface area contributed by atoms with Gasteiger partial charge in [0.25, 0.3) is 5.91 Å². The molecule has 0 aliphatic carbocycles. The largest absolute Gasteiger partial charge is 0.524 e. The lowest BCUT2D eigenvalue weighted by molar-refractivity contribution is -0.221. The van der Waals surface area contributed by atoms with Crippen LogP contribution in [0.25, 0.3) is 17.3 Å². The quantitative estimate of drug-likeness (QED) is 0.00395. The summed E-state index contributed by atoms with van der Waals surface area (Å²) >= 11 is 0. The third kappa shape index (κ3) is 22.0. The number of fused-ring (bicyclic) bond motifs is 2. The van der Waals surface area contributed by atoms with Crippen molar-refractivity contribution < 1.29 is 120 Å². The number of carbonyl (C=O) groups excluding carboxylic acids is 6. The molecule has 39 heteroatoms. The average molecular weight is 1630 g/mol. The molecule has 9 rings (SSSR count). The highest BCUT2D eigenvalue weighted by Crippen LogP contribution is 2.47. The number of esters is 1. The van der Waals surface area contributed by atoms with Crippen LogP contribution in [0, 0.1) is 41.2 Å². The molecule has 4 aromatic carbocycles. The minimum Gasteiger partial charge on any atom is -0.478 e. The second kappa shape index (κ2) is 35.8. The summed E-state index contributed by atoms with van der Waals surface area (Å²) in [4.78, 5) is 131. The number of phosphoric ester groups is 1. The summed E-state index contributed by atoms with van der Waals surface area (Å²) in [6, 6.07) is 9.56. The molecule has 2 bridgehead atoms. The zero-order valence-electron chi connectivity index (χ0n) is 62.8. The van der Waals surface area contributed by atoms with Crippen molar-refractivity contribution in [2.75, 3.05) is 57.3 Å². The fourth-order valence-corrected chi connectivity index (χ4v) is 13.9. The van der Waals surface area contributed by atoms with Crippen LogP contribution in [0.5, 0.6) is 5.75 Å². The topological polar surface area (TPSA) is 357 Å². The molecule has 6 atom stereocenters. The van der Waals surface area contributed by atoms with Gasteiger partial charge in [0.1, 0.15) is 35.6 Å². The van der Waals surface area contributed by atoms with Crippen LogP contribution >= 0.6 is 7.82 Å². The summed E-state index contributed by atoms with van der Waals surface area (Å²) in [5.74, 6) is -4.35. The van der Waals surface area contributed by atoms with Gasteiger partial charge in [0.15, 0.2) is 0 Å². The number of alkyl halides is 8. The van der Waals surface area contributed by atoms with E-state index in [4.69, 9.17) is 19.1 Å². The molecular weight excluding hydrogens is 1550 g/mol. The van der Waals surface area contributed by atoms with Crippen molar-refractivity contribution in [3.05, 3.63) is 160 Å². The van der Waals surface area contributed by atoms with Crippen LogP contribution in [0.2, 0.25) is 0 Å². The normalized spacial score (nSPS) is 16.7. The van der Waals surface area contributed by atoms with Gasteiger partial charge in [-0.25, -0.2) is 47.4 Å². The van der Waals surface area contributed by atoms with Gasteiger partial charge in [0, 0.05) is 89.7 Å². The Bertz CT molecular complexity index is 4630. The molecule has 3 aliphatic heterocycles. The zero-order chi connectivity index (χ0) is 83.7. The first-order chi connectivity index (χ1) is 53.3. The van der Waals surface area contributed by atoms with Crippen molar-refractivity contribution in [2.45, 2.75) is 154 Å². The van der Waals surface area contributed by atoms with E-state index in [0.717, 1.165) is 51.5 Å². The highest BCUT2D eigenvalue weighted by molar-refractivity contribution is 7.46. The molecular formula is C75H83F10N12O16P. The Morgan fingerprint density at radius 1 is 0.754 bits per heavy atom. The molecule has 3 fully saturated rings. The maximum absolute atomic E-state index is 16.9. The molecule has 0 radical (unpaired) electrons. The number of carbonyl (C=O) groups is 7. The average Bonchev–Trinajstić information content (AvgIpc) is 1.50. The van der Waals surface area contributed by atoms with Crippen LogP contribution in [0.4, 0.5) is 65.1 Å². The van der Waals surface area contributed by atoms with Crippen molar-refractivity contribution in [1.29, 1.82) is 0 Å².